The van der Waals surface area contributed by atoms with Crippen LogP contribution in [0.25, 0.3) is 0 Å². The lowest BCUT2D eigenvalue weighted by Gasteiger charge is -2.20. The molecule has 0 bridgehead atoms. The fourth-order valence-corrected chi connectivity index (χ4v) is 1.76. The van der Waals surface area contributed by atoms with E-state index in [2.05, 4.69) is 5.32 Å². The summed E-state index contributed by atoms with van der Waals surface area (Å²) in [7, 11) is 0. The van der Waals surface area contributed by atoms with Crippen molar-refractivity contribution >= 4 is 17.7 Å². The predicted octanol–water partition coefficient (Wildman–Crippen LogP) is 4.26. The molecule has 0 aliphatic rings. The summed E-state index contributed by atoms with van der Waals surface area (Å²) in [6, 6.07) is 7.17. The number of amides is 1. The highest BCUT2D eigenvalue weighted by Crippen LogP contribution is 2.14. The van der Waals surface area contributed by atoms with Crippen LogP contribution in [0.3, 0.4) is 0 Å². The highest BCUT2D eigenvalue weighted by Gasteiger charge is 2.16. The highest BCUT2D eigenvalue weighted by molar-refractivity contribution is 6.30. The smallest absolute Gasteiger partial charge is 0.407 e. The first-order valence-corrected chi connectivity index (χ1v) is 6.67. The third-order valence-corrected chi connectivity index (χ3v) is 2.57. The molecule has 1 N–H and O–H groups in total. The van der Waals surface area contributed by atoms with Gasteiger partial charge in [-0.05, 0) is 50.5 Å². The molecule has 5 heteroatoms. The lowest BCUT2D eigenvalue weighted by molar-refractivity contribution is 0.0532. The van der Waals surface area contributed by atoms with Gasteiger partial charge in [-0.2, -0.15) is 0 Å². The Labute approximate surface area is 123 Å². The largest absolute Gasteiger partial charge is 0.444 e. The van der Waals surface area contributed by atoms with Crippen molar-refractivity contribution in [2.45, 2.75) is 32.8 Å². The van der Waals surface area contributed by atoms with Gasteiger partial charge in [-0.15, -0.1) is 0 Å². The molecule has 0 heterocycles. The molecule has 1 rings (SSSR count). The summed E-state index contributed by atoms with van der Waals surface area (Å²) in [5, 5.41) is 3.12. The molecule has 1 aromatic carbocycles. The summed E-state index contributed by atoms with van der Waals surface area (Å²) in [4.78, 5) is 11.5. The molecule has 3 nitrogen and oxygen atoms in total. The summed E-state index contributed by atoms with van der Waals surface area (Å²) in [5.74, 6) is 0. The predicted molar refractivity (Wildman–Crippen MR) is 78.6 cm³/mol. The van der Waals surface area contributed by atoms with E-state index in [9.17, 15) is 9.18 Å². The number of hydrogen-bond donors (Lipinski definition) is 1. The molecule has 1 amide bonds. The van der Waals surface area contributed by atoms with Crippen molar-refractivity contribution in [1.82, 2.24) is 5.32 Å². The molecule has 0 unspecified atom stereocenters. The van der Waals surface area contributed by atoms with Gasteiger partial charge in [0, 0.05) is 11.6 Å². The van der Waals surface area contributed by atoms with Crippen LogP contribution < -0.4 is 5.32 Å². The van der Waals surface area contributed by atoms with E-state index in [1.165, 1.54) is 0 Å². The molecule has 0 saturated heterocycles. The number of benzene rings is 1. The minimum absolute atomic E-state index is 0.0952. The Hall–Kier alpha value is -1.55. The maximum atomic E-state index is 12.8. The van der Waals surface area contributed by atoms with Gasteiger partial charge in [0.15, 0.2) is 0 Å². The van der Waals surface area contributed by atoms with Crippen LogP contribution in [0.1, 0.15) is 26.3 Å². The fourth-order valence-electron chi connectivity index (χ4n) is 1.55. The minimum Gasteiger partial charge on any atom is -0.444 e. The van der Waals surface area contributed by atoms with E-state index in [4.69, 9.17) is 16.3 Å². The van der Waals surface area contributed by atoms with Crippen LogP contribution in [-0.2, 0) is 11.2 Å². The van der Waals surface area contributed by atoms with Gasteiger partial charge in [-0.25, -0.2) is 9.18 Å². The van der Waals surface area contributed by atoms with E-state index in [0.29, 0.717) is 23.3 Å². The number of ether oxygens (including phenoxy) is 1. The van der Waals surface area contributed by atoms with Crippen molar-refractivity contribution < 1.29 is 13.9 Å². The van der Waals surface area contributed by atoms with E-state index < -0.39 is 11.7 Å². The van der Waals surface area contributed by atoms with Crippen molar-refractivity contribution in [2.75, 3.05) is 6.54 Å². The lowest BCUT2D eigenvalue weighted by Crippen LogP contribution is -2.33. The summed E-state index contributed by atoms with van der Waals surface area (Å²) in [6.45, 7) is 5.40. The molecule has 0 spiro atoms. The molecule has 0 aromatic heterocycles. The Bertz CT molecular complexity index is 495. The van der Waals surface area contributed by atoms with Crippen molar-refractivity contribution in [3.63, 3.8) is 0 Å². The third kappa shape index (κ3) is 6.57. The molecule has 0 aliphatic carbocycles. The average Bonchev–Trinajstić information content (AvgIpc) is 2.32. The topological polar surface area (TPSA) is 38.3 Å². The number of rotatable bonds is 4. The number of nitrogens with one attached hydrogen (secondary N) is 1. The van der Waals surface area contributed by atoms with Gasteiger partial charge in [0.05, 0.1) is 6.33 Å². The van der Waals surface area contributed by atoms with Crippen LogP contribution in [0, 0.1) is 0 Å². The maximum Gasteiger partial charge on any atom is 0.407 e. The highest BCUT2D eigenvalue weighted by atomic mass is 35.5. The van der Waals surface area contributed by atoms with Gasteiger partial charge >= 0.3 is 6.09 Å². The fraction of sp³-hybridized carbons (Fsp3) is 0.400. The van der Waals surface area contributed by atoms with Crippen LogP contribution in [0.4, 0.5) is 9.18 Å². The Kier molecular flexibility index (Phi) is 6.02. The second kappa shape index (κ2) is 7.29. The lowest BCUT2D eigenvalue weighted by atomic mass is 10.1. The second-order valence-corrected chi connectivity index (χ2v) is 5.87. The molecular weight excluding hydrogens is 281 g/mol. The summed E-state index contributed by atoms with van der Waals surface area (Å²) in [5.41, 5.74) is 0.752. The molecule has 0 fully saturated rings. The first kappa shape index (κ1) is 16.5. The summed E-state index contributed by atoms with van der Waals surface area (Å²) in [6.07, 6.45) is 0.313. The SMILES string of the molecule is CC(C)(C)OC(=O)NC/C(=C\F)Cc1cccc(Cl)c1. The van der Waals surface area contributed by atoms with Gasteiger partial charge in [0.1, 0.15) is 5.60 Å². The number of alkyl carbamates (subject to hydrolysis) is 1. The van der Waals surface area contributed by atoms with Crippen LogP contribution in [0.2, 0.25) is 5.02 Å². The molecule has 20 heavy (non-hydrogen) atoms. The first-order chi connectivity index (χ1) is 9.30. The van der Waals surface area contributed by atoms with E-state index in [0.717, 1.165) is 5.56 Å². The summed E-state index contributed by atoms with van der Waals surface area (Å²) < 4.78 is 17.9. The van der Waals surface area contributed by atoms with Gasteiger partial charge < -0.3 is 10.1 Å². The molecule has 0 radical (unpaired) electrons. The quantitative estimate of drug-likeness (QED) is 0.902. The monoisotopic (exact) mass is 299 g/mol. The molecule has 110 valence electrons. The molecule has 0 atom stereocenters. The number of halogens is 2. The number of carbonyl (C=O) groups excluding carboxylic acids is 1. The third-order valence-electron chi connectivity index (χ3n) is 2.33. The Morgan fingerprint density at radius 2 is 2.15 bits per heavy atom. The van der Waals surface area contributed by atoms with Crippen molar-refractivity contribution in [3.05, 3.63) is 46.8 Å². The minimum atomic E-state index is -0.573. The van der Waals surface area contributed by atoms with Crippen LogP contribution in [0.15, 0.2) is 36.2 Å². The Morgan fingerprint density at radius 1 is 1.45 bits per heavy atom. The zero-order valence-electron chi connectivity index (χ0n) is 11.9. The standard InChI is InChI=1S/C15H19ClFNO2/c1-15(2,3)20-14(19)18-10-12(9-17)7-11-5-4-6-13(16)8-11/h4-6,8-9H,7,10H2,1-3H3,(H,18,19)/b12-9-. The van der Waals surface area contributed by atoms with Gasteiger partial charge in [-0.3, -0.25) is 0 Å². The second-order valence-electron chi connectivity index (χ2n) is 5.43. The maximum absolute atomic E-state index is 12.8. The van der Waals surface area contributed by atoms with E-state index in [1.54, 1.807) is 39.0 Å². The van der Waals surface area contributed by atoms with Crippen LogP contribution in [0.5, 0.6) is 0 Å². The van der Waals surface area contributed by atoms with Gasteiger partial charge in [0.2, 0.25) is 0 Å². The normalized spacial score (nSPS) is 12.2. The van der Waals surface area contributed by atoms with Crippen molar-refractivity contribution in [3.8, 4) is 0 Å². The van der Waals surface area contributed by atoms with Crippen LogP contribution in [-0.4, -0.2) is 18.2 Å². The zero-order chi connectivity index (χ0) is 15.2. The van der Waals surface area contributed by atoms with E-state index in [-0.39, 0.29) is 6.54 Å². The Balaban J connectivity index is 2.51. The molecular formula is C15H19ClFNO2. The zero-order valence-corrected chi connectivity index (χ0v) is 12.6. The van der Waals surface area contributed by atoms with E-state index >= 15 is 0 Å². The van der Waals surface area contributed by atoms with Crippen molar-refractivity contribution in [1.29, 1.82) is 0 Å². The van der Waals surface area contributed by atoms with Crippen LogP contribution >= 0.6 is 11.6 Å². The number of carbonyl (C=O) groups is 1. The molecule has 0 saturated carbocycles. The average molecular weight is 300 g/mol. The summed E-state index contributed by atoms with van der Waals surface area (Å²) >= 11 is 5.87. The van der Waals surface area contributed by atoms with Crippen molar-refractivity contribution in [2.24, 2.45) is 0 Å². The first-order valence-electron chi connectivity index (χ1n) is 6.29. The molecule has 0 aliphatic heterocycles. The Morgan fingerprint density at radius 3 is 2.70 bits per heavy atom. The molecule has 1 aromatic rings. The number of hydrogen-bond acceptors (Lipinski definition) is 2. The van der Waals surface area contributed by atoms with E-state index in [1.807, 2.05) is 6.07 Å². The van der Waals surface area contributed by atoms with Gasteiger partial charge in [0.25, 0.3) is 0 Å². The van der Waals surface area contributed by atoms with Gasteiger partial charge in [-0.1, -0.05) is 23.7 Å².